The van der Waals surface area contributed by atoms with Crippen molar-refractivity contribution in [3.05, 3.63) is 29.6 Å². The van der Waals surface area contributed by atoms with Crippen LogP contribution in [0, 0.1) is 6.92 Å². The molecule has 1 saturated heterocycles. The van der Waals surface area contributed by atoms with Crippen molar-refractivity contribution in [3.8, 4) is 0 Å². The number of hydrogen-bond acceptors (Lipinski definition) is 4. The molecule has 1 aromatic rings. The molecule has 0 amide bonds. The number of likely N-dealkylation sites (tertiary alicyclic amines) is 1. The van der Waals surface area contributed by atoms with Gasteiger partial charge >= 0.3 is 0 Å². The highest BCUT2D eigenvalue weighted by molar-refractivity contribution is 5.25. The Morgan fingerprint density at radius 1 is 1.45 bits per heavy atom. The van der Waals surface area contributed by atoms with Crippen LogP contribution >= 0.6 is 0 Å². The highest BCUT2D eigenvalue weighted by atomic mass is 15.3. The third kappa shape index (κ3) is 3.19. The van der Waals surface area contributed by atoms with Gasteiger partial charge in [-0.3, -0.25) is 14.8 Å². The van der Waals surface area contributed by atoms with Crippen molar-refractivity contribution in [2.75, 3.05) is 32.7 Å². The van der Waals surface area contributed by atoms with Crippen LogP contribution in [0.5, 0.6) is 0 Å². The Labute approximate surface area is 123 Å². The second-order valence-corrected chi connectivity index (χ2v) is 5.64. The van der Waals surface area contributed by atoms with Gasteiger partial charge in [-0.25, -0.2) is 0 Å². The summed E-state index contributed by atoms with van der Waals surface area (Å²) in [7, 11) is 0. The lowest BCUT2D eigenvalue weighted by atomic mass is 10.0. The molecular formula is C16H28N4. The number of hydrogen-bond donors (Lipinski definition) is 1. The highest BCUT2D eigenvalue weighted by Crippen LogP contribution is 2.27. The van der Waals surface area contributed by atoms with E-state index in [4.69, 9.17) is 5.73 Å². The number of aromatic nitrogens is 1. The van der Waals surface area contributed by atoms with Crippen LogP contribution in [-0.4, -0.2) is 53.5 Å². The van der Waals surface area contributed by atoms with Gasteiger partial charge in [0.25, 0.3) is 0 Å². The summed E-state index contributed by atoms with van der Waals surface area (Å²) in [5, 5.41) is 0. The lowest BCUT2D eigenvalue weighted by Crippen LogP contribution is -2.39. The molecule has 4 nitrogen and oxygen atoms in total. The molecule has 2 rings (SSSR count). The van der Waals surface area contributed by atoms with Crippen LogP contribution in [0.3, 0.4) is 0 Å². The minimum absolute atomic E-state index is 0.310. The van der Waals surface area contributed by atoms with Gasteiger partial charge < -0.3 is 5.73 Å². The van der Waals surface area contributed by atoms with Crippen molar-refractivity contribution in [3.63, 3.8) is 0 Å². The summed E-state index contributed by atoms with van der Waals surface area (Å²) in [5.74, 6) is 0. The number of pyridine rings is 1. The molecule has 1 aromatic heterocycles. The van der Waals surface area contributed by atoms with Crippen molar-refractivity contribution < 1.29 is 0 Å². The summed E-state index contributed by atoms with van der Waals surface area (Å²) >= 11 is 0. The van der Waals surface area contributed by atoms with Crippen LogP contribution < -0.4 is 5.73 Å². The quantitative estimate of drug-likeness (QED) is 0.860. The van der Waals surface area contributed by atoms with Crippen molar-refractivity contribution in [2.24, 2.45) is 5.73 Å². The van der Waals surface area contributed by atoms with E-state index in [0.29, 0.717) is 18.6 Å². The van der Waals surface area contributed by atoms with E-state index < -0.39 is 0 Å². The van der Waals surface area contributed by atoms with E-state index in [1.165, 1.54) is 17.5 Å². The van der Waals surface area contributed by atoms with Crippen LogP contribution in [0.4, 0.5) is 0 Å². The molecule has 0 spiro atoms. The van der Waals surface area contributed by atoms with E-state index in [0.717, 1.165) is 26.2 Å². The van der Waals surface area contributed by atoms with E-state index >= 15 is 0 Å². The van der Waals surface area contributed by atoms with Gasteiger partial charge in [0.2, 0.25) is 0 Å². The first kappa shape index (κ1) is 15.4. The Morgan fingerprint density at radius 2 is 2.20 bits per heavy atom. The standard InChI is InChI=1S/C16H28N4/c1-4-19(5-2)14-7-9-20(12-14)16(10-17)15-11-18-8-6-13(15)3/h6,8,11,14,16H,4-5,7,9-10,12,17H2,1-3H3. The SMILES string of the molecule is CCN(CC)C1CCN(C(CN)c2cnccc2C)C1. The van der Waals surface area contributed by atoms with Gasteiger partial charge in [-0.15, -0.1) is 0 Å². The van der Waals surface area contributed by atoms with E-state index in [1.807, 2.05) is 12.4 Å². The predicted octanol–water partition coefficient (Wildman–Crippen LogP) is 1.81. The third-order valence-corrected chi connectivity index (χ3v) is 4.63. The summed E-state index contributed by atoms with van der Waals surface area (Å²) in [6, 6.07) is 3.07. The van der Waals surface area contributed by atoms with Gasteiger partial charge in [0.15, 0.2) is 0 Å². The van der Waals surface area contributed by atoms with Crippen molar-refractivity contribution in [1.82, 2.24) is 14.8 Å². The highest BCUT2D eigenvalue weighted by Gasteiger charge is 2.31. The first-order chi connectivity index (χ1) is 9.71. The van der Waals surface area contributed by atoms with E-state index in [2.05, 4.69) is 41.6 Å². The zero-order valence-corrected chi connectivity index (χ0v) is 13.0. The van der Waals surface area contributed by atoms with Crippen molar-refractivity contribution in [1.29, 1.82) is 0 Å². The fourth-order valence-electron chi connectivity index (χ4n) is 3.39. The fraction of sp³-hybridized carbons (Fsp3) is 0.688. The zero-order chi connectivity index (χ0) is 14.5. The summed E-state index contributed by atoms with van der Waals surface area (Å²) < 4.78 is 0. The molecule has 20 heavy (non-hydrogen) atoms. The maximum absolute atomic E-state index is 6.06. The molecule has 0 aromatic carbocycles. The summed E-state index contributed by atoms with van der Waals surface area (Å²) in [6.07, 6.45) is 5.09. The predicted molar refractivity (Wildman–Crippen MR) is 83.7 cm³/mol. The number of nitrogens with zero attached hydrogens (tertiary/aromatic N) is 3. The zero-order valence-electron chi connectivity index (χ0n) is 13.0. The van der Waals surface area contributed by atoms with Gasteiger partial charge in [-0.05, 0) is 43.6 Å². The Hall–Kier alpha value is -0.970. The average molecular weight is 276 g/mol. The first-order valence-corrected chi connectivity index (χ1v) is 7.79. The van der Waals surface area contributed by atoms with Gasteiger partial charge in [0, 0.05) is 44.1 Å². The van der Waals surface area contributed by atoms with Gasteiger partial charge in [-0.1, -0.05) is 13.8 Å². The molecule has 2 atom stereocenters. The number of likely N-dealkylation sites (N-methyl/N-ethyl adjacent to an activating group) is 1. The Kier molecular flexibility index (Phi) is 5.52. The molecular weight excluding hydrogens is 248 g/mol. The summed E-state index contributed by atoms with van der Waals surface area (Å²) in [6.45, 7) is 11.8. The third-order valence-electron chi connectivity index (χ3n) is 4.63. The molecule has 1 aliphatic heterocycles. The molecule has 4 heteroatoms. The van der Waals surface area contributed by atoms with Crippen LogP contribution in [0.1, 0.15) is 37.4 Å². The van der Waals surface area contributed by atoms with Crippen LogP contribution in [0.25, 0.3) is 0 Å². The molecule has 2 heterocycles. The maximum atomic E-state index is 6.06. The number of rotatable bonds is 6. The van der Waals surface area contributed by atoms with Crippen molar-refractivity contribution in [2.45, 2.75) is 39.3 Å². The lowest BCUT2D eigenvalue weighted by Gasteiger charge is -2.30. The fourth-order valence-corrected chi connectivity index (χ4v) is 3.39. The van der Waals surface area contributed by atoms with Crippen LogP contribution in [0.15, 0.2) is 18.5 Å². The molecule has 1 fully saturated rings. The van der Waals surface area contributed by atoms with Crippen LogP contribution in [-0.2, 0) is 0 Å². The second kappa shape index (κ2) is 7.16. The van der Waals surface area contributed by atoms with Gasteiger partial charge in [-0.2, -0.15) is 0 Å². The Balaban J connectivity index is 2.09. The van der Waals surface area contributed by atoms with Gasteiger partial charge in [0.1, 0.15) is 0 Å². The van der Waals surface area contributed by atoms with E-state index in [-0.39, 0.29) is 0 Å². The molecule has 0 aliphatic carbocycles. The topological polar surface area (TPSA) is 45.4 Å². The Bertz CT molecular complexity index is 417. The maximum Gasteiger partial charge on any atom is 0.0489 e. The largest absolute Gasteiger partial charge is 0.329 e. The smallest absolute Gasteiger partial charge is 0.0489 e. The minimum atomic E-state index is 0.310. The Morgan fingerprint density at radius 3 is 2.80 bits per heavy atom. The minimum Gasteiger partial charge on any atom is -0.329 e. The molecule has 2 unspecified atom stereocenters. The van der Waals surface area contributed by atoms with E-state index in [1.54, 1.807) is 0 Å². The lowest BCUT2D eigenvalue weighted by molar-refractivity contribution is 0.189. The van der Waals surface area contributed by atoms with Gasteiger partial charge in [0.05, 0.1) is 0 Å². The molecule has 1 aliphatic rings. The summed E-state index contributed by atoms with van der Waals surface area (Å²) in [5.41, 5.74) is 8.64. The molecule has 112 valence electrons. The molecule has 2 N–H and O–H groups in total. The average Bonchev–Trinajstić information content (AvgIpc) is 2.93. The molecule has 0 saturated carbocycles. The normalized spacial score (nSPS) is 21.6. The number of nitrogens with two attached hydrogens (primary N) is 1. The molecule has 0 radical (unpaired) electrons. The van der Waals surface area contributed by atoms with Crippen LogP contribution in [0.2, 0.25) is 0 Å². The van der Waals surface area contributed by atoms with E-state index in [9.17, 15) is 0 Å². The second-order valence-electron chi connectivity index (χ2n) is 5.64. The molecule has 0 bridgehead atoms. The first-order valence-electron chi connectivity index (χ1n) is 7.79. The number of aryl methyl sites for hydroxylation is 1. The summed E-state index contributed by atoms with van der Waals surface area (Å²) in [4.78, 5) is 9.37. The monoisotopic (exact) mass is 276 g/mol. The van der Waals surface area contributed by atoms with Crippen molar-refractivity contribution >= 4 is 0 Å².